The standard InChI is InChI=1S/C12H14ClN3O/c1-8-2-3-10-9(6-8)15-12(4-5-13)16(10)7-11(14)17/h2-3,6H,4-5,7H2,1H3,(H2,14,17). The summed E-state index contributed by atoms with van der Waals surface area (Å²) < 4.78 is 1.83. The summed E-state index contributed by atoms with van der Waals surface area (Å²) in [6.45, 7) is 2.15. The smallest absolute Gasteiger partial charge is 0.237 e. The summed E-state index contributed by atoms with van der Waals surface area (Å²) in [5.41, 5.74) is 8.19. The van der Waals surface area contributed by atoms with Crippen LogP contribution in [-0.4, -0.2) is 21.3 Å². The summed E-state index contributed by atoms with van der Waals surface area (Å²) in [4.78, 5) is 15.6. The Labute approximate surface area is 104 Å². The average Bonchev–Trinajstić information content (AvgIpc) is 2.56. The van der Waals surface area contributed by atoms with Crippen molar-refractivity contribution in [1.82, 2.24) is 9.55 Å². The van der Waals surface area contributed by atoms with E-state index in [4.69, 9.17) is 17.3 Å². The maximum Gasteiger partial charge on any atom is 0.237 e. The van der Waals surface area contributed by atoms with E-state index in [2.05, 4.69) is 4.98 Å². The van der Waals surface area contributed by atoms with Crippen molar-refractivity contribution in [2.75, 3.05) is 5.88 Å². The minimum absolute atomic E-state index is 0.145. The lowest BCUT2D eigenvalue weighted by Gasteiger charge is -2.05. The van der Waals surface area contributed by atoms with Crippen LogP contribution in [0.3, 0.4) is 0 Å². The third-order valence-corrected chi connectivity index (χ3v) is 2.80. The summed E-state index contributed by atoms with van der Waals surface area (Å²) >= 11 is 5.73. The third-order valence-electron chi connectivity index (χ3n) is 2.61. The molecule has 0 saturated carbocycles. The Morgan fingerprint density at radius 1 is 1.53 bits per heavy atom. The van der Waals surface area contributed by atoms with Crippen LogP contribution in [-0.2, 0) is 17.8 Å². The van der Waals surface area contributed by atoms with Crippen LogP contribution in [0.25, 0.3) is 11.0 Å². The molecule has 1 heterocycles. The predicted molar refractivity (Wildman–Crippen MR) is 68.1 cm³/mol. The minimum Gasteiger partial charge on any atom is -0.368 e. The van der Waals surface area contributed by atoms with Gasteiger partial charge >= 0.3 is 0 Å². The highest BCUT2D eigenvalue weighted by molar-refractivity contribution is 6.17. The lowest BCUT2D eigenvalue weighted by atomic mass is 10.2. The molecule has 0 aliphatic heterocycles. The van der Waals surface area contributed by atoms with Crippen LogP contribution >= 0.6 is 11.6 Å². The lowest BCUT2D eigenvalue weighted by molar-refractivity contribution is -0.118. The van der Waals surface area contributed by atoms with Crippen molar-refractivity contribution in [2.24, 2.45) is 5.73 Å². The number of fused-ring (bicyclic) bond motifs is 1. The molecule has 5 heteroatoms. The largest absolute Gasteiger partial charge is 0.368 e. The topological polar surface area (TPSA) is 60.9 Å². The van der Waals surface area contributed by atoms with Crippen LogP contribution in [0.2, 0.25) is 0 Å². The number of hydrogen-bond donors (Lipinski definition) is 1. The maximum atomic E-state index is 11.1. The van der Waals surface area contributed by atoms with Crippen LogP contribution in [0.5, 0.6) is 0 Å². The molecule has 1 aromatic carbocycles. The highest BCUT2D eigenvalue weighted by Crippen LogP contribution is 2.18. The predicted octanol–water partition coefficient (Wildman–Crippen LogP) is 1.61. The van der Waals surface area contributed by atoms with Gasteiger partial charge in [0.2, 0.25) is 5.91 Å². The Morgan fingerprint density at radius 2 is 2.29 bits per heavy atom. The molecular formula is C12H14ClN3O. The van der Waals surface area contributed by atoms with Gasteiger partial charge in [0.25, 0.3) is 0 Å². The van der Waals surface area contributed by atoms with Gasteiger partial charge < -0.3 is 10.3 Å². The first-order chi connectivity index (χ1) is 8.11. The maximum absolute atomic E-state index is 11.1. The number of primary amides is 1. The van der Waals surface area contributed by atoms with Crippen molar-refractivity contribution in [3.05, 3.63) is 29.6 Å². The second-order valence-corrected chi connectivity index (χ2v) is 4.39. The molecule has 0 atom stereocenters. The van der Waals surface area contributed by atoms with Gasteiger partial charge in [-0.1, -0.05) is 6.07 Å². The van der Waals surface area contributed by atoms with Crippen molar-refractivity contribution < 1.29 is 4.79 Å². The van der Waals surface area contributed by atoms with E-state index in [1.807, 2.05) is 29.7 Å². The number of alkyl halides is 1. The molecule has 90 valence electrons. The van der Waals surface area contributed by atoms with E-state index in [9.17, 15) is 4.79 Å². The van der Waals surface area contributed by atoms with Gasteiger partial charge in [0, 0.05) is 12.3 Å². The van der Waals surface area contributed by atoms with Gasteiger partial charge in [-0.3, -0.25) is 4.79 Å². The number of amides is 1. The van der Waals surface area contributed by atoms with E-state index in [0.717, 1.165) is 22.4 Å². The van der Waals surface area contributed by atoms with Crippen LogP contribution in [0.4, 0.5) is 0 Å². The SMILES string of the molecule is Cc1ccc2c(c1)nc(CCCl)n2CC(N)=O. The fourth-order valence-corrected chi connectivity index (χ4v) is 2.07. The van der Waals surface area contributed by atoms with E-state index in [-0.39, 0.29) is 12.5 Å². The average molecular weight is 252 g/mol. The Hall–Kier alpha value is -1.55. The highest BCUT2D eigenvalue weighted by Gasteiger charge is 2.11. The summed E-state index contributed by atoms with van der Waals surface area (Å²) in [6.07, 6.45) is 0.628. The Balaban J connectivity index is 2.57. The number of rotatable bonds is 4. The van der Waals surface area contributed by atoms with E-state index in [0.29, 0.717) is 12.3 Å². The summed E-state index contributed by atoms with van der Waals surface area (Å²) in [5, 5.41) is 0. The fourth-order valence-electron chi connectivity index (χ4n) is 1.90. The van der Waals surface area contributed by atoms with Crippen molar-refractivity contribution >= 4 is 28.5 Å². The molecule has 0 radical (unpaired) electrons. The van der Waals surface area contributed by atoms with Crippen molar-refractivity contribution in [3.63, 3.8) is 0 Å². The van der Waals surface area contributed by atoms with Crippen LogP contribution in [0.15, 0.2) is 18.2 Å². The van der Waals surface area contributed by atoms with Crippen LogP contribution < -0.4 is 5.73 Å². The first kappa shape index (κ1) is 11.9. The Morgan fingerprint density at radius 3 is 2.94 bits per heavy atom. The van der Waals surface area contributed by atoms with Gasteiger partial charge in [-0.05, 0) is 24.6 Å². The normalized spacial score (nSPS) is 10.9. The number of aromatic nitrogens is 2. The zero-order valence-electron chi connectivity index (χ0n) is 9.61. The van der Waals surface area contributed by atoms with Gasteiger partial charge in [0.15, 0.2) is 0 Å². The molecule has 17 heavy (non-hydrogen) atoms. The molecule has 0 spiro atoms. The molecule has 2 N–H and O–H groups in total. The second-order valence-electron chi connectivity index (χ2n) is 4.01. The molecule has 0 unspecified atom stereocenters. The lowest BCUT2D eigenvalue weighted by Crippen LogP contribution is -2.20. The van der Waals surface area contributed by atoms with Gasteiger partial charge in [-0.2, -0.15) is 0 Å². The van der Waals surface area contributed by atoms with Gasteiger partial charge in [0.05, 0.1) is 11.0 Å². The first-order valence-electron chi connectivity index (χ1n) is 5.42. The number of benzene rings is 1. The highest BCUT2D eigenvalue weighted by atomic mass is 35.5. The van der Waals surface area contributed by atoms with Gasteiger partial charge in [-0.15, -0.1) is 11.6 Å². The summed E-state index contributed by atoms with van der Waals surface area (Å²) in [5.74, 6) is 0.904. The van der Waals surface area contributed by atoms with Gasteiger partial charge in [-0.25, -0.2) is 4.98 Å². The molecule has 0 aliphatic rings. The number of halogens is 1. The first-order valence-corrected chi connectivity index (χ1v) is 5.95. The number of imidazole rings is 1. The molecule has 1 amide bonds. The van der Waals surface area contributed by atoms with Gasteiger partial charge in [0.1, 0.15) is 12.4 Å². The molecule has 0 fully saturated rings. The van der Waals surface area contributed by atoms with Crippen molar-refractivity contribution in [3.8, 4) is 0 Å². The monoisotopic (exact) mass is 251 g/mol. The van der Waals surface area contributed by atoms with Crippen LogP contribution in [0, 0.1) is 6.92 Å². The third kappa shape index (κ3) is 2.42. The molecule has 0 bridgehead atoms. The summed E-state index contributed by atoms with van der Waals surface area (Å²) in [6, 6.07) is 5.94. The second kappa shape index (κ2) is 4.75. The number of carbonyl (C=O) groups excluding carboxylic acids is 1. The molecule has 2 aromatic rings. The van der Waals surface area contributed by atoms with E-state index in [1.165, 1.54) is 0 Å². The molecule has 0 aliphatic carbocycles. The molecular weight excluding hydrogens is 238 g/mol. The van der Waals surface area contributed by atoms with E-state index < -0.39 is 0 Å². The van der Waals surface area contributed by atoms with Crippen molar-refractivity contribution in [2.45, 2.75) is 19.9 Å². The van der Waals surface area contributed by atoms with Crippen LogP contribution in [0.1, 0.15) is 11.4 Å². The molecule has 1 aromatic heterocycles. The molecule has 2 rings (SSSR count). The Kier molecular flexibility index (Phi) is 3.33. The van der Waals surface area contributed by atoms with E-state index >= 15 is 0 Å². The molecule has 0 saturated heterocycles. The summed E-state index contributed by atoms with van der Waals surface area (Å²) in [7, 11) is 0. The van der Waals surface area contributed by atoms with E-state index in [1.54, 1.807) is 0 Å². The Bertz CT molecular complexity index is 562. The quantitative estimate of drug-likeness (QED) is 0.840. The van der Waals surface area contributed by atoms with Crippen molar-refractivity contribution in [1.29, 1.82) is 0 Å². The zero-order valence-corrected chi connectivity index (χ0v) is 10.4. The number of aryl methyl sites for hydroxylation is 2. The molecule has 4 nitrogen and oxygen atoms in total. The number of carbonyl (C=O) groups is 1. The number of nitrogens with two attached hydrogens (primary N) is 1. The minimum atomic E-state index is -0.374. The fraction of sp³-hybridized carbons (Fsp3) is 0.333. The number of nitrogens with zero attached hydrogens (tertiary/aromatic N) is 2. The number of hydrogen-bond acceptors (Lipinski definition) is 2. The zero-order chi connectivity index (χ0) is 12.4.